The van der Waals surface area contributed by atoms with Gasteiger partial charge in [0.05, 0.1) is 12.1 Å². The van der Waals surface area contributed by atoms with Gasteiger partial charge in [-0.05, 0) is 69.3 Å². The maximum absolute atomic E-state index is 12.9. The van der Waals surface area contributed by atoms with Crippen molar-refractivity contribution in [3.63, 3.8) is 0 Å². The molecule has 0 heterocycles. The van der Waals surface area contributed by atoms with E-state index in [0.29, 0.717) is 13.0 Å². The molecule has 0 saturated carbocycles. The second kappa shape index (κ2) is 15.8. The van der Waals surface area contributed by atoms with Crippen molar-refractivity contribution in [1.82, 2.24) is 10.6 Å². The minimum absolute atomic E-state index is 0.00760. The first-order valence-electron chi connectivity index (χ1n) is 14.5. The molecule has 0 saturated heterocycles. The largest absolute Gasteiger partial charge is 0.445 e. The van der Waals surface area contributed by atoms with Crippen LogP contribution >= 0.6 is 0 Å². The number of ether oxygens (including phenoxy) is 2. The van der Waals surface area contributed by atoms with Gasteiger partial charge in [0, 0.05) is 6.54 Å². The molecule has 0 aliphatic carbocycles. The molecule has 7 nitrogen and oxygen atoms in total. The summed E-state index contributed by atoms with van der Waals surface area (Å²) in [6.45, 7) is 17.3. The van der Waals surface area contributed by atoms with Gasteiger partial charge in [-0.2, -0.15) is 0 Å². The van der Waals surface area contributed by atoms with Gasteiger partial charge in [0.15, 0.2) is 8.32 Å². The number of rotatable bonds is 13. The number of carbonyl (C=O) groups is 2. The fourth-order valence-corrected chi connectivity index (χ4v) is 5.04. The molecule has 0 aliphatic heterocycles. The lowest BCUT2D eigenvalue weighted by Crippen LogP contribution is -2.52. The number of nitrogens with one attached hydrogen (secondary N) is 2. The number of benzene rings is 2. The SMILES string of the molecule is CC(C)(C)OC(=O)N[C@@H](Cc1ccccc1)[C@@H](C=CCCCNC(=O)OCc1ccccc1)O[Si](C)(C)C(C)(C)C. The average molecular weight is 583 g/mol. The van der Waals surface area contributed by atoms with E-state index in [1.807, 2.05) is 69.3 Å². The molecule has 2 aromatic carbocycles. The Balaban J connectivity index is 2.08. The third-order valence-electron chi connectivity index (χ3n) is 6.99. The van der Waals surface area contributed by atoms with Crippen molar-refractivity contribution < 1.29 is 23.5 Å². The zero-order chi connectivity index (χ0) is 30.5. The van der Waals surface area contributed by atoms with E-state index < -0.39 is 26.1 Å². The monoisotopic (exact) mass is 582 g/mol. The first-order chi connectivity index (χ1) is 19.2. The highest BCUT2D eigenvalue weighted by Crippen LogP contribution is 2.38. The molecule has 0 fully saturated rings. The number of alkyl carbamates (subject to hydrolysis) is 2. The molecule has 2 atom stereocenters. The molecule has 2 N–H and O–H groups in total. The van der Waals surface area contributed by atoms with Gasteiger partial charge in [-0.1, -0.05) is 93.6 Å². The molecule has 226 valence electrons. The van der Waals surface area contributed by atoms with E-state index in [4.69, 9.17) is 13.9 Å². The molecule has 0 radical (unpaired) electrons. The highest BCUT2D eigenvalue weighted by Gasteiger charge is 2.40. The topological polar surface area (TPSA) is 85.9 Å². The zero-order valence-electron chi connectivity index (χ0n) is 26.2. The van der Waals surface area contributed by atoms with E-state index >= 15 is 0 Å². The van der Waals surface area contributed by atoms with Gasteiger partial charge < -0.3 is 24.5 Å². The molecule has 0 bridgehead atoms. The van der Waals surface area contributed by atoms with Gasteiger partial charge in [-0.15, -0.1) is 0 Å². The van der Waals surface area contributed by atoms with Crippen LogP contribution in [0.5, 0.6) is 0 Å². The molecule has 41 heavy (non-hydrogen) atoms. The van der Waals surface area contributed by atoms with Crippen LogP contribution in [0.2, 0.25) is 18.1 Å². The summed E-state index contributed by atoms with van der Waals surface area (Å²) in [6, 6.07) is 19.4. The highest BCUT2D eigenvalue weighted by molar-refractivity contribution is 6.74. The van der Waals surface area contributed by atoms with Crippen molar-refractivity contribution in [3.8, 4) is 0 Å². The summed E-state index contributed by atoms with van der Waals surface area (Å²) in [4.78, 5) is 24.9. The highest BCUT2D eigenvalue weighted by atomic mass is 28.4. The zero-order valence-corrected chi connectivity index (χ0v) is 27.2. The van der Waals surface area contributed by atoms with E-state index in [1.54, 1.807) is 0 Å². The third-order valence-corrected chi connectivity index (χ3v) is 11.5. The molecular formula is C33H50N2O5Si. The van der Waals surface area contributed by atoms with Gasteiger partial charge in [0.1, 0.15) is 12.2 Å². The number of carbonyl (C=O) groups excluding carboxylic acids is 2. The van der Waals surface area contributed by atoms with Crippen molar-refractivity contribution in [3.05, 3.63) is 83.9 Å². The lowest BCUT2D eigenvalue weighted by atomic mass is 10.0. The number of hydrogen-bond acceptors (Lipinski definition) is 5. The smallest absolute Gasteiger partial charge is 0.407 e. The van der Waals surface area contributed by atoms with Gasteiger partial charge in [0.2, 0.25) is 0 Å². The van der Waals surface area contributed by atoms with Crippen LogP contribution in [-0.4, -0.2) is 44.8 Å². The summed E-state index contributed by atoms with van der Waals surface area (Å²) in [7, 11) is -2.19. The summed E-state index contributed by atoms with van der Waals surface area (Å²) in [6.07, 6.45) is 4.96. The molecule has 0 unspecified atom stereocenters. The standard InChI is InChI=1S/C33H50N2O5Si/c1-32(2,3)39-31(37)35-28(24-26-18-12-9-13-19-26)29(40-41(7,8)33(4,5)6)22-16-11-17-23-34-30(36)38-25-27-20-14-10-15-21-27/h9-10,12-16,18-22,28-29H,11,17,23-25H2,1-8H3,(H,34,36)(H,35,37)/t28-,29+/m0/s1. The summed E-state index contributed by atoms with van der Waals surface area (Å²) in [5, 5.41) is 5.90. The predicted octanol–water partition coefficient (Wildman–Crippen LogP) is 7.78. The maximum Gasteiger partial charge on any atom is 0.407 e. The van der Waals surface area contributed by atoms with Crippen LogP contribution in [0.1, 0.15) is 65.5 Å². The minimum atomic E-state index is -2.19. The molecule has 2 amide bonds. The molecule has 8 heteroatoms. The van der Waals surface area contributed by atoms with Crippen LogP contribution in [0.15, 0.2) is 72.8 Å². The molecule has 2 rings (SSSR count). The number of allylic oxidation sites excluding steroid dienone is 1. The number of hydrogen-bond donors (Lipinski definition) is 2. The van der Waals surface area contributed by atoms with Crippen LogP contribution in [-0.2, 0) is 26.9 Å². The van der Waals surface area contributed by atoms with Gasteiger partial charge in [0.25, 0.3) is 0 Å². The first-order valence-corrected chi connectivity index (χ1v) is 17.4. The fraction of sp³-hybridized carbons (Fsp3) is 0.515. The summed E-state index contributed by atoms with van der Waals surface area (Å²) < 4.78 is 17.8. The Morgan fingerprint density at radius 1 is 0.878 bits per heavy atom. The number of unbranched alkanes of at least 4 members (excludes halogenated alkanes) is 1. The van der Waals surface area contributed by atoms with Crippen molar-refractivity contribution in [2.24, 2.45) is 0 Å². The fourth-order valence-electron chi connectivity index (χ4n) is 3.76. The normalized spacial score (nSPS) is 13.9. The van der Waals surface area contributed by atoms with Crippen LogP contribution in [0.25, 0.3) is 0 Å². The molecular weight excluding hydrogens is 532 g/mol. The second-order valence-electron chi connectivity index (χ2n) is 12.8. The number of amides is 2. The first kappa shape index (κ1) is 34.1. The van der Waals surface area contributed by atoms with Crippen LogP contribution in [0.3, 0.4) is 0 Å². The summed E-state index contributed by atoms with van der Waals surface area (Å²) in [5.74, 6) is 0. The summed E-state index contributed by atoms with van der Waals surface area (Å²) in [5.41, 5.74) is 1.44. The van der Waals surface area contributed by atoms with Crippen molar-refractivity contribution in [2.75, 3.05) is 6.54 Å². The Labute approximate surface area is 248 Å². The van der Waals surface area contributed by atoms with Crippen LogP contribution < -0.4 is 10.6 Å². The van der Waals surface area contributed by atoms with Crippen LogP contribution in [0.4, 0.5) is 9.59 Å². The van der Waals surface area contributed by atoms with Crippen molar-refractivity contribution in [1.29, 1.82) is 0 Å². The lowest BCUT2D eigenvalue weighted by Gasteiger charge is -2.41. The minimum Gasteiger partial charge on any atom is -0.445 e. The quantitative estimate of drug-likeness (QED) is 0.143. The molecule has 2 aromatic rings. The molecule has 0 aliphatic rings. The van der Waals surface area contributed by atoms with Gasteiger partial charge in [-0.25, -0.2) is 9.59 Å². The Hall–Kier alpha value is -3.10. The third kappa shape index (κ3) is 13.4. The maximum atomic E-state index is 12.9. The van der Waals surface area contributed by atoms with E-state index in [-0.39, 0.29) is 23.8 Å². The van der Waals surface area contributed by atoms with E-state index in [0.717, 1.165) is 24.0 Å². The van der Waals surface area contributed by atoms with Gasteiger partial charge >= 0.3 is 12.2 Å². The van der Waals surface area contributed by atoms with Crippen molar-refractivity contribution >= 4 is 20.5 Å². The van der Waals surface area contributed by atoms with E-state index in [2.05, 4.69) is 68.8 Å². The Morgan fingerprint density at radius 3 is 2.02 bits per heavy atom. The summed E-state index contributed by atoms with van der Waals surface area (Å²) >= 11 is 0. The average Bonchev–Trinajstić information content (AvgIpc) is 2.87. The van der Waals surface area contributed by atoms with E-state index in [1.165, 1.54) is 0 Å². The predicted molar refractivity (Wildman–Crippen MR) is 168 cm³/mol. The lowest BCUT2D eigenvalue weighted by molar-refractivity contribution is 0.0460. The van der Waals surface area contributed by atoms with E-state index in [9.17, 15) is 9.59 Å². The molecule has 0 spiro atoms. The Kier molecular flexibility index (Phi) is 13.1. The second-order valence-corrected chi connectivity index (χ2v) is 17.6. The Morgan fingerprint density at radius 2 is 1.46 bits per heavy atom. The van der Waals surface area contributed by atoms with Gasteiger partial charge in [-0.3, -0.25) is 0 Å². The van der Waals surface area contributed by atoms with Crippen molar-refractivity contribution in [2.45, 2.75) is 103 Å². The Bertz CT molecular complexity index is 1090. The molecule has 0 aromatic heterocycles. The van der Waals surface area contributed by atoms with Crippen LogP contribution in [0, 0.1) is 0 Å².